The topological polar surface area (TPSA) is 38.4 Å². The maximum absolute atomic E-state index is 5.85. The van der Waals surface area contributed by atoms with Gasteiger partial charge in [-0.05, 0) is 19.4 Å². The molecule has 76 valence electrons. The second-order valence-electron chi connectivity index (χ2n) is 3.49. The van der Waals surface area contributed by atoms with Crippen LogP contribution in [0.5, 0.6) is 0 Å². The molecule has 0 heterocycles. The number of amidine groups is 1. The Morgan fingerprint density at radius 3 is 2.86 bits per heavy atom. The standard InChI is InChI=1S/C12H18N2/c1-3-4-8-14-12(13)11-7-5-6-10(2)9-11/h5-7,9H,3-4,8H2,1-2H3,(H2,13,14). The molecule has 0 bridgehead atoms. The summed E-state index contributed by atoms with van der Waals surface area (Å²) in [5.41, 5.74) is 8.10. The minimum atomic E-state index is 0.655. The molecular formula is C12H18N2. The van der Waals surface area contributed by atoms with Crippen molar-refractivity contribution in [3.05, 3.63) is 35.4 Å². The van der Waals surface area contributed by atoms with E-state index in [-0.39, 0.29) is 0 Å². The van der Waals surface area contributed by atoms with Crippen LogP contribution in [0.4, 0.5) is 0 Å². The molecule has 14 heavy (non-hydrogen) atoms. The minimum Gasteiger partial charge on any atom is -0.384 e. The molecule has 0 aliphatic rings. The lowest BCUT2D eigenvalue weighted by molar-refractivity contribution is 0.807. The van der Waals surface area contributed by atoms with Crippen LogP contribution >= 0.6 is 0 Å². The van der Waals surface area contributed by atoms with Crippen LogP contribution in [0.25, 0.3) is 0 Å². The number of hydrogen-bond acceptors (Lipinski definition) is 1. The van der Waals surface area contributed by atoms with Gasteiger partial charge in [-0.25, -0.2) is 0 Å². The van der Waals surface area contributed by atoms with Crippen molar-refractivity contribution in [3.63, 3.8) is 0 Å². The molecule has 0 fully saturated rings. The summed E-state index contributed by atoms with van der Waals surface area (Å²) in [6, 6.07) is 8.12. The number of unbranched alkanes of at least 4 members (excludes halogenated alkanes) is 1. The highest BCUT2D eigenvalue weighted by atomic mass is 14.8. The van der Waals surface area contributed by atoms with E-state index in [1.165, 1.54) is 5.56 Å². The van der Waals surface area contributed by atoms with Crippen molar-refractivity contribution in [2.75, 3.05) is 6.54 Å². The zero-order chi connectivity index (χ0) is 10.4. The van der Waals surface area contributed by atoms with Crippen molar-refractivity contribution in [1.29, 1.82) is 0 Å². The molecular weight excluding hydrogens is 172 g/mol. The van der Waals surface area contributed by atoms with E-state index in [0.717, 1.165) is 24.9 Å². The molecule has 0 atom stereocenters. The highest BCUT2D eigenvalue weighted by Gasteiger charge is 1.96. The third kappa shape index (κ3) is 3.21. The van der Waals surface area contributed by atoms with Gasteiger partial charge in [0.25, 0.3) is 0 Å². The van der Waals surface area contributed by atoms with Crippen molar-refractivity contribution in [2.24, 2.45) is 10.7 Å². The van der Waals surface area contributed by atoms with Gasteiger partial charge in [-0.15, -0.1) is 0 Å². The number of rotatable bonds is 4. The molecule has 0 saturated heterocycles. The fourth-order valence-electron chi connectivity index (χ4n) is 1.25. The van der Waals surface area contributed by atoms with E-state index < -0.39 is 0 Å². The van der Waals surface area contributed by atoms with E-state index in [4.69, 9.17) is 5.73 Å². The molecule has 0 aliphatic carbocycles. The van der Waals surface area contributed by atoms with Crippen LogP contribution in [-0.4, -0.2) is 12.4 Å². The van der Waals surface area contributed by atoms with Crippen LogP contribution in [0.2, 0.25) is 0 Å². The van der Waals surface area contributed by atoms with E-state index in [1.807, 2.05) is 12.1 Å². The van der Waals surface area contributed by atoms with Gasteiger partial charge in [0.05, 0.1) is 0 Å². The Balaban J connectivity index is 2.68. The molecule has 1 aromatic rings. The molecule has 2 N–H and O–H groups in total. The maximum Gasteiger partial charge on any atom is 0.125 e. The van der Waals surface area contributed by atoms with Gasteiger partial charge in [-0.2, -0.15) is 0 Å². The number of benzene rings is 1. The number of hydrogen-bond donors (Lipinski definition) is 1. The third-order valence-electron chi connectivity index (χ3n) is 2.11. The Kier molecular flexibility index (Phi) is 4.17. The van der Waals surface area contributed by atoms with E-state index >= 15 is 0 Å². The molecule has 2 heteroatoms. The monoisotopic (exact) mass is 190 g/mol. The Morgan fingerprint density at radius 1 is 1.43 bits per heavy atom. The highest BCUT2D eigenvalue weighted by Crippen LogP contribution is 2.03. The van der Waals surface area contributed by atoms with Gasteiger partial charge < -0.3 is 5.73 Å². The van der Waals surface area contributed by atoms with Crippen LogP contribution in [-0.2, 0) is 0 Å². The van der Waals surface area contributed by atoms with E-state index in [2.05, 4.69) is 31.0 Å². The molecule has 0 aliphatic heterocycles. The average molecular weight is 190 g/mol. The number of aliphatic imine (C=N–C) groups is 1. The van der Waals surface area contributed by atoms with Gasteiger partial charge in [-0.1, -0.05) is 37.1 Å². The van der Waals surface area contributed by atoms with E-state index in [0.29, 0.717) is 5.84 Å². The van der Waals surface area contributed by atoms with Gasteiger partial charge in [0, 0.05) is 12.1 Å². The lowest BCUT2D eigenvalue weighted by atomic mass is 10.1. The van der Waals surface area contributed by atoms with Crippen LogP contribution < -0.4 is 5.73 Å². The number of nitrogens with two attached hydrogens (primary N) is 1. The Bertz CT molecular complexity index is 316. The summed E-state index contributed by atoms with van der Waals surface area (Å²) < 4.78 is 0. The average Bonchev–Trinajstić information content (AvgIpc) is 2.18. The first-order chi connectivity index (χ1) is 6.74. The van der Waals surface area contributed by atoms with Crippen molar-refractivity contribution in [2.45, 2.75) is 26.7 Å². The molecule has 1 rings (SSSR count). The van der Waals surface area contributed by atoms with Crippen LogP contribution in [0.3, 0.4) is 0 Å². The second-order valence-corrected chi connectivity index (χ2v) is 3.49. The van der Waals surface area contributed by atoms with Crippen LogP contribution in [0.15, 0.2) is 29.3 Å². The van der Waals surface area contributed by atoms with Crippen molar-refractivity contribution < 1.29 is 0 Å². The Morgan fingerprint density at radius 2 is 2.21 bits per heavy atom. The quantitative estimate of drug-likeness (QED) is 0.442. The van der Waals surface area contributed by atoms with Gasteiger partial charge >= 0.3 is 0 Å². The maximum atomic E-state index is 5.85. The Hall–Kier alpha value is -1.31. The molecule has 0 spiro atoms. The molecule has 0 radical (unpaired) electrons. The van der Waals surface area contributed by atoms with Gasteiger partial charge in [0.1, 0.15) is 5.84 Å². The zero-order valence-electron chi connectivity index (χ0n) is 8.96. The largest absolute Gasteiger partial charge is 0.384 e. The fourth-order valence-corrected chi connectivity index (χ4v) is 1.25. The van der Waals surface area contributed by atoms with E-state index in [9.17, 15) is 0 Å². The van der Waals surface area contributed by atoms with Gasteiger partial charge in [-0.3, -0.25) is 4.99 Å². The third-order valence-corrected chi connectivity index (χ3v) is 2.11. The minimum absolute atomic E-state index is 0.655. The summed E-state index contributed by atoms with van der Waals surface area (Å²) in [4.78, 5) is 4.32. The fraction of sp³-hybridized carbons (Fsp3) is 0.417. The lowest BCUT2D eigenvalue weighted by Gasteiger charge is -2.01. The van der Waals surface area contributed by atoms with Crippen molar-refractivity contribution in [1.82, 2.24) is 0 Å². The molecule has 0 unspecified atom stereocenters. The van der Waals surface area contributed by atoms with Gasteiger partial charge in [0.15, 0.2) is 0 Å². The Labute approximate surface area is 85.9 Å². The van der Waals surface area contributed by atoms with Gasteiger partial charge in [0.2, 0.25) is 0 Å². The first kappa shape index (κ1) is 10.8. The van der Waals surface area contributed by atoms with Crippen LogP contribution in [0.1, 0.15) is 30.9 Å². The molecule has 0 saturated carbocycles. The zero-order valence-corrected chi connectivity index (χ0v) is 8.96. The highest BCUT2D eigenvalue weighted by molar-refractivity contribution is 5.97. The summed E-state index contributed by atoms with van der Waals surface area (Å²) in [7, 11) is 0. The second kappa shape index (κ2) is 5.43. The molecule has 0 aromatic heterocycles. The summed E-state index contributed by atoms with van der Waals surface area (Å²) in [6.07, 6.45) is 2.26. The molecule has 2 nitrogen and oxygen atoms in total. The molecule has 1 aromatic carbocycles. The lowest BCUT2D eigenvalue weighted by Crippen LogP contribution is -2.14. The smallest absolute Gasteiger partial charge is 0.125 e. The summed E-state index contributed by atoms with van der Waals surface area (Å²) in [5.74, 6) is 0.655. The predicted molar refractivity (Wildman–Crippen MR) is 61.7 cm³/mol. The molecule has 0 amide bonds. The SMILES string of the molecule is CCCCN=C(N)c1cccc(C)c1. The van der Waals surface area contributed by atoms with Crippen molar-refractivity contribution in [3.8, 4) is 0 Å². The summed E-state index contributed by atoms with van der Waals surface area (Å²) >= 11 is 0. The summed E-state index contributed by atoms with van der Waals surface area (Å²) in [5, 5.41) is 0. The number of aryl methyl sites for hydroxylation is 1. The summed E-state index contributed by atoms with van der Waals surface area (Å²) in [6.45, 7) is 5.04. The van der Waals surface area contributed by atoms with E-state index in [1.54, 1.807) is 0 Å². The first-order valence-corrected chi connectivity index (χ1v) is 5.11. The number of nitrogens with zero attached hydrogens (tertiary/aromatic N) is 1. The van der Waals surface area contributed by atoms with Crippen LogP contribution in [0, 0.1) is 6.92 Å². The first-order valence-electron chi connectivity index (χ1n) is 5.11. The van der Waals surface area contributed by atoms with Crippen molar-refractivity contribution >= 4 is 5.84 Å². The predicted octanol–water partition coefficient (Wildman–Crippen LogP) is 2.50. The normalized spacial score (nSPS) is 11.7.